The van der Waals surface area contributed by atoms with Gasteiger partial charge in [-0.05, 0) is 23.8 Å². The van der Waals surface area contributed by atoms with Crippen molar-refractivity contribution in [3.63, 3.8) is 0 Å². The highest BCUT2D eigenvalue weighted by Gasteiger charge is 2.08. The van der Waals surface area contributed by atoms with Crippen molar-refractivity contribution in [2.24, 2.45) is 10.9 Å². The Morgan fingerprint density at radius 1 is 1.30 bits per heavy atom. The van der Waals surface area contributed by atoms with Gasteiger partial charge in [-0.15, -0.1) is 0 Å². The zero-order chi connectivity index (χ0) is 14.5. The fourth-order valence-electron chi connectivity index (χ4n) is 1.63. The highest BCUT2D eigenvalue weighted by molar-refractivity contribution is 6.30. The van der Waals surface area contributed by atoms with Crippen molar-refractivity contribution in [1.82, 2.24) is 0 Å². The fraction of sp³-hybridized carbons (Fsp3) is 0.0714. The minimum absolute atomic E-state index is 0.000728. The first-order valence-electron chi connectivity index (χ1n) is 5.75. The van der Waals surface area contributed by atoms with Gasteiger partial charge in [0.2, 0.25) is 0 Å². The van der Waals surface area contributed by atoms with Crippen LogP contribution in [0.5, 0.6) is 5.75 Å². The molecule has 0 atom stereocenters. The number of halogens is 2. The third-order valence-corrected chi connectivity index (χ3v) is 2.93. The van der Waals surface area contributed by atoms with Gasteiger partial charge in [0, 0.05) is 5.56 Å². The van der Waals surface area contributed by atoms with Gasteiger partial charge in [-0.3, -0.25) is 0 Å². The van der Waals surface area contributed by atoms with E-state index < -0.39 is 5.82 Å². The number of amidine groups is 1. The first-order chi connectivity index (χ1) is 9.61. The highest BCUT2D eigenvalue weighted by Crippen LogP contribution is 2.24. The van der Waals surface area contributed by atoms with Crippen molar-refractivity contribution in [3.8, 4) is 5.75 Å². The van der Waals surface area contributed by atoms with Gasteiger partial charge in [-0.2, -0.15) is 0 Å². The van der Waals surface area contributed by atoms with Gasteiger partial charge in [-0.25, -0.2) is 4.39 Å². The Hall–Kier alpha value is -2.27. The summed E-state index contributed by atoms with van der Waals surface area (Å²) in [6.45, 7) is 0.143. The summed E-state index contributed by atoms with van der Waals surface area (Å²) in [7, 11) is 0. The number of hydrogen-bond donors (Lipinski definition) is 2. The lowest BCUT2D eigenvalue weighted by atomic mass is 10.1. The molecule has 0 fully saturated rings. The summed E-state index contributed by atoms with van der Waals surface area (Å²) in [5.74, 6) is -0.519. The van der Waals surface area contributed by atoms with Crippen molar-refractivity contribution < 1.29 is 14.3 Å². The predicted octanol–water partition coefficient (Wildman–Crippen LogP) is 3.15. The molecule has 0 amide bonds. The summed E-state index contributed by atoms with van der Waals surface area (Å²) < 4.78 is 19.0. The Labute approximate surface area is 120 Å². The lowest BCUT2D eigenvalue weighted by Gasteiger charge is -2.09. The second kappa shape index (κ2) is 6.25. The number of nitrogens with two attached hydrogens (primary N) is 1. The summed E-state index contributed by atoms with van der Waals surface area (Å²) in [6, 6.07) is 11.5. The summed E-state index contributed by atoms with van der Waals surface area (Å²) >= 11 is 5.67. The van der Waals surface area contributed by atoms with Crippen molar-refractivity contribution in [2.45, 2.75) is 6.61 Å². The van der Waals surface area contributed by atoms with Crippen LogP contribution in [0.2, 0.25) is 5.02 Å². The molecule has 0 aliphatic heterocycles. The van der Waals surface area contributed by atoms with Crippen LogP contribution in [0.25, 0.3) is 0 Å². The molecule has 0 radical (unpaired) electrons. The second-order valence-corrected chi connectivity index (χ2v) is 4.43. The van der Waals surface area contributed by atoms with E-state index in [1.807, 2.05) is 0 Å². The number of oxime groups is 1. The van der Waals surface area contributed by atoms with Crippen molar-refractivity contribution in [1.29, 1.82) is 0 Å². The standard InChI is InChI=1S/C14H12ClFN2O2/c15-11-5-2-6-12(13(11)16)20-8-9-3-1-4-10(7-9)14(17)18-19/h1-7,19H,8H2,(H2,17,18). The van der Waals surface area contributed by atoms with Crippen LogP contribution in [0.15, 0.2) is 47.6 Å². The summed E-state index contributed by atoms with van der Waals surface area (Å²) in [5, 5.41) is 11.5. The maximum Gasteiger partial charge on any atom is 0.183 e. The molecule has 20 heavy (non-hydrogen) atoms. The molecular formula is C14H12ClFN2O2. The quantitative estimate of drug-likeness (QED) is 0.394. The largest absolute Gasteiger partial charge is 0.486 e. The van der Waals surface area contributed by atoms with Crippen LogP contribution in [0, 0.1) is 5.82 Å². The molecule has 2 rings (SSSR count). The summed E-state index contributed by atoms with van der Waals surface area (Å²) in [6.07, 6.45) is 0. The zero-order valence-corrected chi connectivity index (χ0v) is 11.1. The van der Waals surface area contributed by atoms with E-state index in [-0.39, 0.29) is 23.2 Å². The number of hydrogen-bond acceptors (Lipinski definition) is 3. The summed E-state index contributed by atoms with van der Waals surface area (Å²) in [4.78, 5) is 0. The Morgan fingerprint density at radius 2 is 2.05 bits per heavy atom. The monoisotopic (exact) mass is 294 g/mol. The average molecular weight is 295 g/mol. The van der Waals surface area contributed by atoms with Crippen LogP contribution in [0.4, 0.5) is 4.39 Å². The molecule has 4 nitrogen and oxygen atoms in total. The topological polar surface area (TPSA) is 67.8 Å². The van der Waals surface area contributed by atoms with Gasteiger partial charge in [-0.1, -0.05) is 41.0 Å². The molecule has 2 aromatic carbocycles. The van der Waals surface area contributed by atoms with Crippen LogP contribution < -0.4 is 10.5 Å². The van der Waals surface area contributed by atoms with E-state index in [0.717, 1.165) is 5.56 Å². The number of nitrogens with zero attached hydrogens (tertiary/aromatic N) is 1. The van der Waals surface area contributed by atoms with Crippen LogP contribution in [0.1, 0.15) is 11.1 Å². The van der Waals surface area contributed by atoms with Crippen LogP contribution in [-0.4, -0.2) is 11.0 Å². The molecule has 104 valence electrons. The van der Waals surface area contributed by atoms with Crippen LogP contribution >= 0.6 is 11.6 Å². The van der Waals surface area contributed by atoms with Crippen molar-refractivity contribution in [2.75, 3.05) is 0 Å². The third-order valence-electron chi connectivity index (χ3n) is 2.64. The molecule has 0 aliphatic rings. The van der Waals surface area contributed by atoms with Gasteiger partial charge in [0.25, 0.3) is 0 Å². The van der Waals surface area contributed by atoms with E-state index in [1.165, 1.54) is 12.1 Å². The first kappa shape index (κ1) is 14.1. The van der Waals surface area contributed by atoms with E-state index in [1.54, 1.807) is 30.3 Å². The van der Waals surface area contributed by atoms with Gasteiger partial charge in [0.05, 0.1) is 5.02 Å². The van der Waals surface area contributed by atoms with Crippen LogP contribution in [-0.2, 0) is 6.61 Å². The molecular weight excluding hydrogens is 283 g/mol. The number of ether oxygens (including phenoxy) is 1. The predicted molar refractivity (Wildman–Crippen MR) is 74.7 cm³/mol. The Morgan fingerprint density at radius 3 is 2.80 bits per heavy atom. The van der Waals surface area contributed by atoms with Crippen molar-refractivity contribution >= 4 is 17.4 Å². The molecule has 0 unspecified atom stereocenters. The normalized spacial score (nSPS) is 11.4. The molecule has 0 aliphatic carbocycles. The van der Waals surface area contributed by atoms with E-state index in [2.05, 4.69) is 5.16 Å². The van der Waals surface area contributed by atoms with E-state index in [0.29, 0.717) is 5.56 Å². The molecule has 6 heteroatoms. The minimum atomic E-state index is -0.596. The Balaban J connectivity index is 2.13. The Kier molecular flexibility index (Phi) is 4.42. The van der Waals surface area contributed by atoms with E-state index >= 15 is 0 Å². The molecule has 0 spiro atoms. The Bertz CT molecular complexity index is 647. The first-order valence-corrected chi connectivity index (χ1v) is 6.13. The molecule has 0 bridgehead atoms. The second-order valence-electron chi connectivity index (χ2n) is 4.03. The van der Waals surface area contributed by atoms with Gasteiger partial charge in [0.15, 0.2) is 17.4 Å². The smallest absolute Gasteiger partial charge is 0.183 e. The average Bonchev–Trinajstić information content (AvgIpc) is 2.48. The molecule has 0 saturated heterocycles. The van der Waals surface area contributed by atoms with Gasteiger partial charge < -0.3 is 15.7 Å². The maximum atomic E-state index is 13.6. The molecule has 0 saturated carbocycles. The lowest BCUT2D eigenvalue weighted by Crippen LogP contribution is -2.13. The molecule has 0 heterocycles. The van der Waals surface area contributed by atoms with Gasteiger partial charge in [0.1, 0.15) is 6.61 Å². The highest BCUT2D eigenvalue weighted by atomic mass is 35.5. The van der Waals surface area contributed by atoms with Gasteiger partial charge >= 0.3 is 0 Å². The third kappa shape index (κ3) is 3.19. The molecule has 2 aromatic rings. The van der Waals surface area contributed by atoms with E-state index in [4.69, 9.17) is 27.3 Å². The van der Waals surface area contributed by atoms with E-state index in [9.17, 15) is 4.39 Å². The molecule has 3 N–H and O–H groups in total. The zero-order valence-electron chi connectivity index (χ0n) is 10.4. The van der Waals surface area contributed by atoms with Crippen molar-refractivity contribution in [3.05, 3.63) is 64.4 Å². The van der Waals surface area contributed by atoms with Crippen LogP contribution in [0.3, 0.4) is 0 Å². The number of rotatable bonds is 4. The maximum absolute atomic E-state index is 13.6. The lowest BCUT2D eigenvalue weighted by molar-refractivity contribution is 0.290. The number of benzene rings is 2. The summed E-state index contributed by atoms with van der Waals surface area (Å²) in [5.41, 5.74) is 6.81. The fourth-order valence-corrected chi connectivity index (χ4v) is 1.80. The SMILES string of the molecule is N/C(=N/O)c1cccc(COc2cccc(Cl)c2F)c1. The minimum Gasteiger partial charge on any atom is -0.486 e. The molecule has 0 aromatic heterocycles.